The standard InChI is InChI=1S/C34H42FN5O3/c35-31-20-26(21-36)6-9-29(31)23-38-18-14-34(15-19-38)24-39(33(42)43-34)22-25-7-10-30(11-8-25)37-40-16-12-28(13-17-40)32(41)27-4-2-1-3-5-27/h1-6,9,20,25,28,30,37H,7-8,10-19,22-24H2. The fraction of sp³-hybridized carbons (Fsp3) is 0.559. The van der Waals surface area contributed by atoms with E-state index in [9.17, 15) is 14.0 Å². The molecule has 2 aromatic rings. The summed E-state index contributed by atoms with van der Waals surface area (Å²) in [6, 6.07) is 16.7. The van der Waals surface area contributed by atoms with Gasteiger partial charge < -0.3 is 9.64 Å². The average molecular weight is 588 g/mol. The van der Waals surface area contributed by atoms with Gasteiger partial charge in [0.15, 0.2) is 5.78 Å². The summed E-state index contributed by atoms with van der Waals surface area (Å²) in [5, 5.41) is 11.3. The van der Waals surface area contributed by atoms with E-state index in [1.54, 1.807) is 12.1 Å². The maximum absolute atomic E-state index is 14.4. The third-order valence-corrected chi connectivity index (χ3v) is 10.00. The molecule has 43 heavy (non-hydrogen) atoms. The number of hydrogen-bond acceptors (Lipinski definition) is 7. The Morgan fingerprint density at radius 2 is 1.72 bits per heavy atom. The minimum atomic E-state index is -0.441. The van der Waals surface area contributed by atoms with Crippen LogP contribution in [-0.4, -0.2) is 77.6 Å². The van der Waals surface area contributed by atoms with Gasteiger partial charge in [0, 0.05) is 75.2 Å². The van der Waals surface area contributed by atoms with Gasteiger partial charge >= 0.3 is 6.09 Å². The van der Waals surface area contributed by atoms with Crippen molar-refractivity contribution in [2.24, 2.45) is 11.8 Å². The molecule has 0 atom stereocenters. The number of hydrogen-bond donors (Lipinski definition) is 1. The first kappa shape index (κ1) is 29.7. The Bertz CT molecular complexity index is 1320. The second-order valence-corrected chi connectivity index (χ2v) is 13.0. The van der Waals surface area contributed by atoms with Crippen molar-refractivity contribution < 1.29 is 18.7 Å². The largest absolute Gasteiger partial charge is 0.441 e. The predicted molar refractivity (Wildman–Crippen MR) is 160 cm³/mol. The summed E-state index contributed by atoms with van der Waals surface area (Å²) in [6.45, 7) is 5.16. The lowest BCUT2D eigenvalue weighted by molar-refractivity contribution is -0.00148. The quantitative estimate of drug-likeness (QED) is 0.428. The lowest BCUT2D eigenvalue weighted by atomic mass is 9.85. The van der Waals surface area contributed by atoms with E-state index in [1.165, 1.54) is 6.07 Å². The number of hydrazine groups is 1. The molecule has 1 amide bonds. The number of nitriles is 1. The van der Waals surface area contributed by atoms with Gasteiger partial charge in [0.1, 0.15) is 11.4 Å². The van der Waals surface area contributed by atoms with Crippen LogP contribution in [0.1, 0.15) is 72.9 Å². The van der Waals surface area contributed by atoms with E-state index in [2.05, 4.69) is 15.3 Å². The number of piperidine rings is 2. The lowest BCUT2D eigenvalue weighted by Crippen LogP contribution is -2.50. The zero-order valence-corrected chi connectivity index (χ0v) is 24.8. The molecule has 4 aliphatic rings. The highest BCUT2D eigenvalue weighted by Gasteiger charge is 2.47. The van der Waals surface area contributed by atoms with Crippen molar-refractivity contribution in [1.82, 2.24) is 20.2 Å². The number of halogens is 1. The highest BCUT2D eigenvalue weighted by atomic mass is 19.1. The Balaban J connectivity index is 0.903. The molecule has 2 aromatic carbocycles. The number of amides is 1. The molecule has 1 N–H and O–H groups in total. The van der Waals surface area contributed by atoms with E-state index in [1.807, 2.05) is 41.3 Å². The van der Waals surface area contributed by atoms with Gasteiger partial charge in [0.2, 0.25) is 0 Å². The van der Waals surface area contributed by atoms with Crippen LogP contribution >= 0.6 is 0 Å². The van der Waals surface area contributed by atoms with Crippen molar-refractivity contribution in [2.75, 3.05) is 39.3 Å². The Morgan fingerprint density at radius 3 is 2.40 bits per heavy atom. The molecular weight excluding hydrogens is 545 g/mol. The number of ether oxygens (including phenoxy) is 1. The number of Topliss-reactive ketones (excluding diaryl/α,β-unsaturated/α-hetero) is 1. The maximum atomic E-state index is 14.4. The molecular formula is C34H42FN5O3. The molecule has 3 aliphatic heterocycles. The summed E-state index contributed by atoms with van der Waals surface area (Å²) in [7, 11) is 0. The minimum absolute atomic E-state index is 0.109. The molecule has 1 spiro atoms. The minimum Gasteiger partial charge on any atom is -0.441 e. The monoisotopic (exact) mass is 587 g/mol. The van der Waals surface area contributed by atoms with Crippen LogP contribution in [0.3, 0.4) is 0 Å². The number of likely N-dealkylation sites (tertiary alicyclic amines) is 1. The SMILES string of the molecule is N#Cc1ccc(CN2CCC3(CC2)CN(CC2CCC(NN4CCC(C(=O)c5ccccc5)CC4)CC2)C(=O)O3)c(F)c1. The summed E-state index contributed by atoms with van der Waals surface area (Å²) in [5.41, 5.74) is 5.03. The second-order valence-electron chi connectivity index (χ2n) is 13.0. The van der Waals surface area contributed by atoms with Gasteiger partial charge in [-0.25, -0.2) is 14.2 Å². The third kappa shape index (κ3) is 7.09. The summed E-state index contributed by atoms with van der Waals surface area (Å²) in [5.74, 6) is 0.515. The number of benzene rings is 2. The topological polar surface area (TPSA) is 88.9 Å². The Kier molecular flexibility index (Phi) is 9.08. The Morgan fingerprint density at radius 1 is 1.00 bits per heavy atom. The van der Waals surface area contributed by atoms with Crippen LogP contribution in [-0.2, 0) is 11.3 Å². The third-order valence-electron chi connectivity index (χ3n) is 10.00. The van der Waals surface area contributed by atoms with E-state index in [0.29, 0.717) is 36.2 Å². The van der Waals surface area contributed by atoms with Crippen molar-refractivity contribution in [1.29, 1.82) is 5.26 Å². The molecule has 4 fully saturated rings. The van der Waals surface area contributed by atoms with E-state index in [4.69, 9.17) is 10.00 Å². The molecule has 0 aromatic heterocycles. The van der Waals surface area contributed by atoms with E-state index in [0.717, 1.165) is 89.7 Å². The van der Waals surface area contributed by atoms with Gasteiger partial charge in [-0.1, -0.05) is 36.4 Å². The van der Waals surface area contributed by atoms with Crippen molar-refractivity contribution in [3.8, 4) is 6.07 Å². The number of nitrogens with zero attached hydrogens (tertiary/aromatic N) is 4. The van der Waals surface area contributed by atoms with Gasteiger partial charge in [-0.3, -0.25) is 15.1 Å². The van der Waals surface area contributed by atoms with Crippen LogP contribution in [0.15, 0.2) is 48.5 Å². The molecule has 9 heteroatoms. The molecule has 0 radical (unpaired) electrons. The lowest BCUT2D eigenvalue weighted by Gasteiger charge is -2.38. The van der Waals surface area contributed by atoms with Gasteiger partial charge in [0.05, 0.1) is 18.2 Å². The number of ketones is 1. The van der Waals surface area contributed by atoms with Crippen molar-refractivity contribution in [3.63, 3.8) is 0 Å². The molecule has 3 heterocycles. The summed E-state index contributed by atoms with van der Waals surface area (Å²) >= 11 is 0. The average Bonchev–Trinajstić information content (AvgIpc) is 3.34. The fourth-order valence-electron chi connectivity index (χ4n) is 7.35. The van der Waals surface area contributed by atoms with Crippen LogP contribution in [0, 0.1) is 29.0 Å². The van der Waals surface area contributed by atoms with Crippen LogP contribution in [0.4, 0.5) is 9.18 Å². The number of rotatable bonds is 8. The maximum Gasteiger partial charge on any atom is 0.410 e. The van der Waals surface area contributed by atoms with Crippen molar-refractivity contribution >= 4 is 11.9 Å². The first-order chi connectivity index (χ1) is 20.9. The van der Waals surface area contributed by atoms with E-state index in [-0.39, 0.29) is 23.6 Å². The smallest absolute Gasteiger partial charge is 0.410 e. The first-order valence-electron chi connectivity index (χ1n) is 15.9. The summed E-state index contributed by atoms with van der Waals surface area (Å²) in [6.07, 6.45) is 7.42. The van der Waals surface area contributed by atoms with Gasteiger partial charge in [-0.15, -0.1) is 0 Å². The highest BCUT2D eigenvalue weighted by molar-refractivity contribution is 5.97. The molecule has 0 bridgehead atoms. The van der Waals surface area contributed by atoms with Gasteiger partial charge in [0.25, 0.3) is 0 Å². The summed E-state index contributed by atoms with van der Waals surface area (Å²) in [4.78, 5) is 29.8. The van der Waals surface area contributed by atoms with Crippen LogP contribution in [0.5, 0.6) is 0 Å². The van der Waals surface area contributed by atoms with Gasteiger partial charge in [-0.05, 0) is 56.6 Å². The van der Waals surface area contributed by atoms with E-state index < -0.39 is 5.60 Å². The zero-order chi connectivity index (χ0) is 29.8. The van der Waals surface area contributed by atoms with Gasteiger partial charge in [-0.2, -0.15) is 5.26 Å². The fourth-order valence-corrected chi connectivity index (χ4v) is 7.35. The molecule has 1 aliphatic carbocycles. The van der Waals surface area contributed by atoms with Crippen molar-refractivity contribution in [2.45, 2.75) is 69.6 Å². The van der Waals surface area contributed by atoms with Crippen LogP contribution in [0.25, 0.3) is 0 Å². The molecule has 8 nitrogen and oxygen atoms in total. The highest BCUT2D eigenvalue weighted by Crippen LogP contribution is 2.36. The number of carbonyl (C=O) groups excluding carboxylic acids is 2. The zero-order valence-electron chi connectivity index (χ0n) is 24.8. The normalized spacial score (nSPS) is 25.0. The molecule has 228 valence electrons. The number of carbonyl (C=O) groups is 2. The number of nitrogens with one attached hydrogen (secondary N) is 1. The molecule has 3 saturated heterocycles. The second kappa shape index (κ2) is 13.1. The van der Waals surface area contributed by atoms with Crippen LogP contribution in [0.2, 0.25) is 0 Å². The Hall–Kier alpha value is -3.32. The summed E-state index contributed by atoms with van der Waals surface area (Å²) < 4.78 is 20.4. The molecule has 6 rings (SSSR count). The Labute approximate surface area is 253 Å². The molecule has 1 saturated carbocycles. The predicted octanol–water partition coefficient (Wildman–Crippen LogP) is 5.14. The van der Waals surface area contributed by atoms with E-state index >= 15 is 0 Å². The first-order valence-corrected chi connectivity index (χ1v) is 15.9. The molecule has 0 unspecified atom stereocenters. The van der Waals surface area contributed by atoms with Crippen LogP contribution < -0.4 is 5.43 Å². The van der Waals surface area contributed by atoms with Crippen molar-refractivity contribution in [3.05, 3.63) is 71.0 Å².